The minimum Gasteiger partial charge on any atom is -0.298 e. The fraction of sp³-hybridized carbons (Fsp3) is 0.706. The van der Waals surface area contributed by atoms with Crippen molar-refractivity contribution in [2.45, 2.75) is 60.8 Å². The fourth-order valence-electron chi connectivity index (χ4n) is 2.27. The van der Waals surface area contributed by atoms with Crippen molar-refractivity contribution >= 4 is 6.29 Å². The number of carbonyl (C=O) groups excluding carboxylic acids is 1. The lowest BCUT2D eigenvalue weighted by atomic mass is 9.81. The van der Waals surface area contributed by atoms with E-state index in [4.69, 9.17) is 0 Å². The highest BCUT2D eigenvalue weighted by Gasteiger charge is 2.18. The average molecular weight is 250 g/mol. The largest absolute Gasteiger partial charge is 0.298 e. The van der Waals surface area contributed by atoms with Crippen LogP contribution in [-0.2, 0) is 4.79 Å². The van der Waals surface area contributed by atoms with Crippen molar-refractivity contribution in [3.63, 3.8) is 0 Å². The van der Waals surface area contributed by atoms with E-state index in [1.54, 1.807) is 0 Å². The quantitative estimate of drug-likeness (QED) is 0.361. The van der Waals surface area contributed by atoms with E-state index in [1.165, 1.54) is 0 Å². The van der Waals surface area contributed by atoms with E-state index >= 15 is 0 Å². The van der Waals surface area contributed by atoms with Crippen LogP contribution in [0, 0.1) is 16.7 Å². The Bertz CT molecular complexity index is 297. The van der Waals surface area contributed by atoms with E-state index in [0.29, 0.717) is 5.92 Å². The molecular weight excluding hydrogens is 220 g/mol. The third-order valence-corrected chi connectivity index (χ3v) is 2.68. The molecule has 0 fully saturated rings. The second-order valence-corrected chi connectivity index (χ2v) is 7.65. The Morgan fingerprint density at radius 2 is 1.67 bits per heavy atom. The van der Waals surface area contributed by atoms with Gasteiger partial charge in [0.1, 0.15) is 6.29 Å². The standard InChI is InChI=1S/C17H30O/c1-8-9-14(11-16(2,3)4)10-15(13-18)12-17(5,6)7/h8,10,13-14H,1,9,11-12H2,2-7H3/b15-10+. The first-order chi connectivity index (χ1) is 8.07. The molecule has 18 heavy (non-hydrogen) atoms. The number of hydrogen-bond acceptors (Lipinski definition) is 1. The minimum atomic E-state index is 0.160. The van der Waals surface area contributed by atoms with Gasteiger partial charge in [-0.05, 0) is 41.6 Å². The third kappa shape index (κ3) is 9.21. The molecule has 0 heterocycles. The Kier molecular flexibility index (Phi) is 6.59. The molecule has 1 heteroatoms. The topological polar surface area (TPSA) is 17.1 Å². The van der Waals surface area contributed by atoms with Gasteiger partial charge in [0.15, 0.2) is 0 Å². The van der Waals surface area contributed by atoms with Crippen LogP contribution in [0.25, 0.3) is 0 Å². The first-order valence-electron chi connectivity index (χ1n) is 6.84. The second-order valence-electron chi connectivity index (χ2n) is 7.65. The molecule has 0 spiro atoms. The summed E-state index contributed by atoms with van der Waals surface area (Å²) in [7, 11) is 0. The van der Waals surface area contributed by atoms with Crippen LogP contribution in [-0.4, -0.2) is 6.29 Å². The SMILES string of the molecule is C=CCC(/C=C(/C=O)CC(C)(C)C)CC(C)(C)C. The molecule has 0 N–H and O–H groups in total. The zero-order chi connectivity index (χ0) is 14.4. The lowest BCUT2D eigenvalue weighted by molar-refractivity contribution is -0.105. The van der Waals surface area contributed by atoms with Gasteiger partial charge in [0, 0.05) is 0 Å². The van der Waals surface area contributed by atoms with Crippen LogP contribution in [0.2, 0.25) is 0 Å². The highest BCUT2D eigenvalue weighted by molar-refractivity contribution is 5.73. The number of hydrogen-bond donors (Lipinski definition) is 0. The van der Waals surface area contributed by atoms with Crippen molar-refractivity contribution in [3.05, 3.63) is 24.3 Å². The maximum atomic E-state index is 11.2. The predicted molar refractivity (Wildman–Crippen MR) is 80.6 cm³/mol. The molecule has 0 aliphatic heterocycles. The van der Waals surface area contributed by atoms with E-state index < -0.39 is 0 Å². The molecule has 0 aromatic heterocycles. The Labute approximate surface area is 113 Å². The van der Waals surface area contributed by atoms with Gasteiger partial charge in [-0.15, -0.1) is 6.58 Å². The summed E-state index contributed by atoms with van der Waals surface area (Å²) in [6, 6.07) is 0. The van der Waals surface area contributed by atoms with Gasteiger partial charge >= 0.3 is 0 Å². The Morgan fingerprint density at radius 1 is 1.11 bits per heavy atom. The van der Waals surface area contributed by atoms with Crippen molar-refractivity contribution in [3.8, 4) is 0 Å². The molecule has 0 aromatic carbocycles. The molecule has 0 aromatic rings. The number of allylic oxidation sites excluding steroid dienone is 3. The second kappa shape index (κ2) is 6.92. The monoisotopic (exact) mass is 250 g/mol. The first kappa shape index (κ1) is 17.2. The van der Waals surface area contributed by atoms with Crippen LogP contribution in [0.3, 0.4) is 0 Å². The molecule has 104 valence electrons. The normalized spacial score (nSPS) is 15.3. The van der Waals surface area contributed by atoms with Gasteiger partial charge in [-0.25, -0.2) is 0 Å². The predicted octanol–water partition coefficient (Wildman–Crippen LogP) is 5.18. The van der Waals surface area contributed by atoms with E-state index in [1.807, 2.05) is 6.08 Å². The van der Waals surface area contributed by atoms with E-state index in [0.717, 1.165) is 31.1 Å². The summed E-state index contributed by atoms with van der Waals surface area (Å²) >= 11 is 0. The molecule has 0 bridgehead atoms. The van der Waals surface area contributed by atoms with Crippen molar-refractivity contribution in [1.29, 1.82) is 0 Å². The van der Waals surface area contributed by atoms with Crippen LogP contribution in [0.5, 0.6) is 0 Å². The highest BCUT2D eigenvalue weighted by Crippen LogP contribution is 2.30. The number of carbonyl (C=O) groups is 1. The lowest BCUT2D eigenvalue weighted by Gasteiger charge is -2.24. The summed E-state index contributed by atoms with van der Waals surface area (Å²) < 4.78 is 0. The molecule has 1 atom stereocenters. The fourth-order valence-corrected chi connectivity index (χ4v) is 2.27. The van der Waals surface area contributed by atoms with E-state index in [2.05, 4.69) is 54.2 Å². The maximum absolute atomic E-state index is 11.2. The van der Waals surface area contributed by atoms with E-state index in [9.17, 15) is 4.79 Å². The smallest absolute Gasteiger partial charge is 0.145 e. The summed E-state index contributed by atoms with van der Waals surface area (Å²) in [5, 5.41) is 0. The summed E-state index contributed by atoms with van der Waals surface area (Å²) in [5.74, 6) is 0.421. The molecule has 0 amide bonds. The van der Waals surface area contributed by atoms with Gasteiger partial charge in [0.25, 0.3) is 0 Å². The molecule has 0 rings (SSSR count). The van der Waals surface area contributed by atoms with Gasteiger partial charge in [-0.3, -0.25) is 4.79 Å². The van der Waals surface area contributed by atoms with Crippen LogP contribution >= 0.6 is 0 Å². The lowest BCUT2D eigenvalue weighted by Crippen LogP contribution is -2.13. The molecule has 0 saturated carbocycles. The maximum Gasteiger partial charge on any atom is 0.145 e. The number of rotatable bonds is 6. The summed E-state index contributed by atoms with van der Waals surface area (Å²) in [5.41, 5.74) is 1.37. The third-order valence-electron chi connectivity index (χ3n) is 2.68. The molecule has 1 nitrogen and oxygen atoms in total. The summed E-state index contributed by atoms with van der Waals surface area (Å²) in [6.45, 7) is 17.0. The Balaban J connectivity index is 4.88. The summed E-state index contributed by atoms with van der Waals surface area (Å²) in [6.07, 6.45) is 8.00. The minimum absolute atomic E-state index is 0.160. The van der Waals surface area contributed by atoms with Crippen LogP contribution in [0.1, 0.15) is 60.8 Å². The van der Waals surface area contributed by atoms with E-state index in [-0.39, 0.29) is 10.8 Å². The average Bonchev–Trinajstić information content (AvgIpc) is 2.12. The van der Waals surface area contributed by atoms with Crippen molar-refractivity contribution in [2.75, 3.05) is 0 Å². The molecule has 0 aliphatic carbocycles. The molecule has 0 saturated heterocycles. The van der Waals surface area contributed by atoms with Crippen LogP contribution in [0.15, 0.2) is 24.3 Å². The Hall–Kier alpha value is -0.850. The van der Waals surface area contributed by atoms with Crippen molar-refractivity contribution in [2.24, 2.45) is 16.7 Å². The molecule has 0 radical (unpaired) electrons. The molecule has 1 unspecified atom stereocenters. The van der Waals surface area contributed by atoms with Gasteiger partial charge in [-0.2, -0.15) is 0 Å². The molecule has 0 aliphatic rings. The highest BCUT2D eigenvalue weighted by atomic mass is 16.1. The van der Waals surface area contributed by atoms with Gasteiger partial charge in [0.05, 0.1) is 0 Å². The van der Waals surface area contributed by atoms with Gasteiger partial charge in [0.2, 0.25) is 0 Å². The van der Waals surface area contributed by atoms with Gasteiger partial charge in [-0.1, -0.05) is 53.7 Å². The summed E-state index contributed by atoms with van der Waals surface area (Å²) in [4.78, 5) is 11.2. The van der Waals surface area contributed by atoms with Crippen molar-refractivity contribution < 1.29 is 4.79 Å². The van der Waals surface area contributed by atoms with Crippen LogP contribution in [0.4, 0.5) is 0 Å². The first-order valence-corrected chi connectivity index (χ1v) is 6.84. The van der Waals surface area contributed by atoms with Crippen molar-refractivity contribution in [1.82, 2.24) is 0 Å². The van der Waals surface area contributed by atoms with Crippen LogP contribution < -0.4 is 0 Å². The zero-order valence-corrected chi connectivity index (χ0v) is 13.0. The van der Waals surface area contributed by atoms with Gasteiger partial charge < -0.3 is 0 Å². The zero-order valence-electron chi connectivity index (χ0n) is 13.0. The molecular formula is C17H30O. The Morgan fingerprint density at radius 3 is 2.00 bits per heavy atom. The number of aldehydes is 1.